The summed E-state index contributed by atoms with van der Waals surface area (Å²) in [4.78, 5) is 12.2. The zero-order valence-corrected chi connectivity index (χ0v) is 12.5. The Bertz CT molecular complexity index is 861. The standard InChI is InChI=1S/C15H10F5N3O/c1-7-12(15(18,19)20)14(23(2)22-7)11(24)5-8-3-4-10(16)9(6-21)13(8)17/h3-4H,5H2,1-2H3. The molecule has 0 aliphatic carbocycles. The minimum atomic E-state index is -4.80. The number of alkyl halides is 3. The highest BCUT2D eigenvalue weighted by molar-refractivity contribution is 5.97. The van der Waals surface area contributed by atoms with Crippen LogP contribution in [0.3, 0.4) is 0 Å². The van der Waals surface area contributed by atoms with E-state index in [0.29, 0.717) is 0 Å². The van der Waals surface area contributed by atoms with Crippen molar-refractivity contribution in [2.24, 2.45) is 7.05 Å². The average Bonchev–Trinajstić information content (AvgIpc) is 2.77. The molecule has 126 valence electrons. The number of carbonyl (C=O) groups excluding carboxylic acids is 1. The van der Waals surface area contributed by atoms with Crippen LogP contribution in [0.2, 0.25) is 0 Å². The number of aryl methyl sites for hydroxylation is 2. The van der Waals surface area contributed by atoms with Crippen LogP contribution < -0.4 is 0 Å². The highest BCUT2D eigenvalue weighted by atomic mass is 19.4. The van der Waals surface area contributed by atoms with Gasteiger partial charge in [0.25, 0.3) is 0 Å². The van der Waals surface area contributed by atoms with Crippen LogP contribution in [-0.2, 0) is 19.6 Å². The molecule has 0 saturated heterocycles. The lowest BCUT2D eigenvalue weighted by Crippen LogP contribution is -2.17. The van der Waals surface area contributed by atoms with Crippen molar-refractivity contribution < 1.29 is 26.7 Å². The number of nitrogens with zero attached hydrogens (tertiary/aromatic N) is 3. The molecule has 0 unspecified atom stereocenters. The third-order valence-corrected chi connectivity index (χ3v) is 3.40. The van der Waals surface area contributed by atoms with E-state index in [4.69, 9.17) is 5.26 Å². The van der Waals surface area contributed by atoms with Gasteiger partial charge in [0.15, 0.2) is 5.78 Å². The highest BCUT2D eigenvalue weighted by Crippen LogP contribution is 2.34. The number of carbonyl (C=O) groups is 1. The number of hydrogen-bond acceptors (Lipinski definition) is 3. The van der Waals surface area contributed by atoms with E-state index in [9.17, 15) is 26.7 Å². The number of hydrogen-bond donors (Lipinski definition) is 0. The summed E-state index contributed by atoms with van der Waals surface area (Å²) in [7, 11) is 1.16. The monoisotopic (exact) mass is 343 g/mol. The number of Topliss-reactive ketones (excluding diaryl/α,β-unsaturated/α-hetero) is 1. The Hall–Kier alpha value is -2.76. The van der Waals surface area contributed by atoms with Gasteiger partial charge in [-0.2, -0.15) is 23.5 Å². The maximum absolute atomic E-state index is 14.0. The second-order valence-corrected chi connectivity index (χ2v) is 5.04. The van der Waals surface area contributed by atoms with E-state index in [-0.39, 0.29) is 11.3 Å². The van der Waals surface area contributed by atoms with Gasteiger partial charge in [-0.1, -0.05) is 6.07 Å². The Morgan fingerprint density at radius 1 is 1.33 bits per heavy atom. The normalized spacial score (nSPS) is 11.4. The van der Waals surface area contributed by atoms with E-state index in [1.807, 2.05) is 0 Å². The van der Waals surface area contributed by atoms with E-state index >= 15 is 0 Å². The fourth-order valence-electron chi connectivity index (χ4n) is 2.41. The van der Waals surface area contributed by atoms with Crippen molar-refractivity contribution in [3.05, 3.63) is 51.8 Å². The van der Waals surface area contributed by atoms with Crippen molar-refractivity contribution in [2.45, 2.75) is 19.5 Å². The van der Waals surface area contributed by atoms with Crippen molar-refractivity contribution >= 4 is 5.78 Å². The van der Waals surface area contributed by atoms with Crippen LogP contribution in [0, 0.1) is 29.9 Å². The molecule has 1 aromatic carbocycles. The fourth-order valence-corrected chi connectivity index (χ4v) is 2.41. The molecule has 0 spiro atoms. The van der Waals surface area contributed by atoms with Crippen molar-refractivity contribution in [1.82, 2.24) is 9.78 Å². The Balaban J connectivity index is 2.48. The number of ketones is 1. The molecular formula is C15H10F5N3O. The molecule has 0 fully saturated rings. The summed E-state index contributed by atoms with van der Waals surface area (Å²) in [5.41, 5.74) is -3.56. The van der Waals surface area contributed by atoms with Crippen molar-refractivity contribution in [3.8, 4) is 6.07 Å². The summed E-state index contributed by atoms with van der Waals surface area (Å²) in [5.74, 6) is -3.42. The average molecular weight is 343 g/mol. The summed E-state index contributed by atoms with van der Waals surface area (Å²) in [6.07, 6.45) is -5.56. The van der Waals surface area contributed by atoms with Crippen LogP contribution in [0.1, 0.15) is 32.9 Å². The molecule has 0 aliphatic rings. The van der Waals surface area contributed by atoms with Crippen LogP contribution in [0.4, 0.5) is 22.0 Å². The summed E-state index contributed by atoms with van der Waals surface area (Å²) < 4.78 is 67.3. The minimum Gasteiger partial charge on any atom is -0.292 e. The lowest BCUT2D eigenvalue weighted by atomic mass is 10.0. The first kappa shape index (κ1) is 17.6. The Labute approximate surface area is 133 Å². The Morgan fingerprint density at radius 2 is 1.96 bits per heavy atom. The zero-order chi connectivity index (χ0) is 18.2. The topological polar surface area (TPSA) is 58.7 Å². The molecule has 9 heteroatoms. The lowest BCUT2D eigenvalue weighted by Gasteiger charge is -2.10. The van der Waals surface area contributed by atoms with Gasteiger partial charge in [0.05, 0.1) is 5.69 Å². The molecular weight excluding hydrogens is 333 g/mol. The molecule has 0 N–H and O–H groups in total. The van der Waals surface area contributed by atoms with Gasteiger partial charge < -0.3 is 0 Å². The van der Waals surface area contributed by atoms with Crippen LogP contribution >= 0.6 is 0 Å². The molecule has 0 amide bonds. The Kier molecular flexibility index (Phi) is 4.42. The molecule has 0 aliphatic heterocycles. The molecule has 0 radical (unpaired) electrons. The predicted octanol–water partition coefficient (Wildman–Crippen LogP) is 3.32. The van der Waals surface area contributed by atoms with Crippen LogP contribution in [0.5, 0.6) is 0 Å². The number of rotatable bonds is 3. The third kappa shape index (κ3) is 2.99. The van der Waals surface area contributed by atoms with Crippen molar-refractivity contribution in [2.75, 3.05) is 0 Å². The van der Waals surface area contributed by atoms with Gasteiger partial charge >= 0.3 is 6.18 Å². The molecule has 0 saturated carbocycles. The van der Waals surface area contributed by atoms with E-state index in [1.165, 1.54) is 6.07 Å². The maximum atomic E-state index is 14.0. The first-order chi connectivity index (χ1) is 11.1. The molecule has 0 bridgehead atoms. The van der Waals surface area contributed by atoms with Gasteiger partial charge in [-0.05, 0) is 18.6 Å². The molecule has 4 nitrogen and oxygen atoms in total. The second-order valence-electron chi connectivity index (χ2n) is 5.04. The van der Waals surface area contributed by atoms with E-state index in [1.54, 1.807) is 0 Å². The van der Waals surface area contributed by atoms with Gasteiger partial charge in [-0.3, -0.25) is 9.48 Å². The van der Waals surface area contributed by atoms with E-state index in [0.717, 1.165) is 30.8 Å². The van der Waals surface area contributed by atoms with Crippen molar-refractivity contribution in [1.29, 1.82) is 5.26 Å². The molecule has 2 aromatic rings. The van der Waals surface area contributed by atoms with Gasteiger partial charge in [0.1, 0.15) is 34.5 Å². The smallest absolute Gasteiger partial charge is 0.292 e. The molecule has 1 aromatic heterocycles. The minimum absolute atomic E-state index is 0.370. The zero-order valence-electron chi connectivity index (χ0n) is 12.5. The first-order valence-electron chi connectivity index (χ1n) is 6.58. The molecule has 2 rings (SSSR count). The Morgan fingerprint density at radius 3 is 2.50 bits per heavy atom. The van der Waals surface area contributed by atoms with Crippen LogP contribution in [0.15, 0.2) is 12.1 Å². The summed E-state index contributed by atoms with van der Waals surface area (Å²) in [6, 6.07) is 3.01. The van der Waals surface area contributed by atoms with Gasteiger partial charge in [0.2, 0.25) is 0 Å². The largest absolute Gasteiger partial charge is 0.420 e. The quantitative estimate of drug-likeness (QED) is 0.634. The number of benzene rings is 1. The van der Waals surface area contributed by atoms with Crippen LogP contribution in [-0.4, -0.2) is 15.6 Å². The SMILES string of the molecule is Cc1nn(C)c(C(=O)Cc2ccc(F)c(C#N)c2F)c1C(F)(F)F. The lowest BCUT2D eigenvalue weighted by molar-refractivity contribution is -0.138. The predicted molar refractivity (Wildman–Crippen MR) is 72.1 cm³/mol. The van der Waals surface area contributed by atoms with E-state index < -0.39 is 46.8 Å². The third-order valence-electron chi connectivity index (χ3n) is 3.40. The molecule has 0 atom stereocenters. The maximum Gasteiger partial charge on any atom is 0.420 e. The second kappa shape index (κ2) is 6.03. The fraction of sp³-hybridized carbons (Fsp3) is 0.267. The first-order valence-corrected chi connectivity index (χ1v) is 6.58. The van der Waals surface area contributed by atoms with Crippen molar-refractivity contribution in [3.63, 3.8) is 0 Å². The number of aromatic nitrogens is 2. The number of halogens is 5. The summed E-state index contributed by atoms with van der Waals surface area (Å²) >= 11 is 0. The highest BCUT2D eigenvalue weighted by Gasteiger charge is 2.40. The summed E-state index contributed by atoms with van der Waals surface area (Å²) in [5, 5.41) is 12.3. The van der Waals surface area contributed by atoms with Crippen LogP contribution in [0.25, 0.3) is 0 Å². The van der Waals surface area contributed by atoms with Gasteiger partial charge in [-0.15, -0.1) is 0 Å². The molecule has 24 heavy (non-hydrogen) atoms. The summed E-state index contributed by atoms with van der Waals surface area (Å²) in [6.45, 7) is 1.10. The molecule has 1 heterocycles. The van der Waals surface area contributed by atoms with E-state index in [2.05, 4.69) is 5.10 Å². The van der Waals surface area contributed by atoms with Gasteiger partial charge in [-0.25, -0.2) is 8.78 Å². The number of nitriles is 1. The van der Waals surface area contributed by atoms with Gasteiger partial charge in [0, 0.05) is 13.5 Å².